The van der Waals surface area contributed by atoms with Gasteiger partial charge in [-0.2, -0.15) is 10.2 Å². The van der Waals surface area contributed by atoms with Crippen molar-refractivity contribution < 1.29 is 14.2 Å². The maximum Gasteiger partial charge on any atom is 0.168 e. The molecule has 0 spiro atoms. The van der Waals surface area contributed by atoms with Gasteiger partial charge in [-0.3, -0.25) is 14.4 Å². The van der Waals surface area contributed by atoms with Crippen LogP contribution in [0.3, 0.4) is 0 Å². The summed E-state index contributed by atoms with van der Waals surface area (Å²) >= 11 is 1.78. The Morgan fingerprint density at radius 2 is 1.97 bits per heavy atom. The summed E-state index contributed by atoms with van der Waals surface area (Å²) in [6.07, 6.45) is 16.1. The highest BCUT2D eigenvalue weighted by atomic mass is 32.2. The quantitative estimate of drug-likeness (QED) is 0.410. The van der Waals surface area contributed by atoms with Gasteiger partial charge in [-0.25, -0.2) is 0 Å². The smallest absolute Gasteiger partial charge is 0.168 e. The van der Waals surface area contributed by atoms with Gasteiger partial charge in [0.1, 0.15) is 11.5 Å². The molecule has 2 aromatic heterocycles. The van der Waals surface area contributed by atoms with Gasteiger partial charge < -0.3 is 14.2 Å². The van der Waals surface area contributed by atoms with Crippen LogP contribution in [-0.4, -0.2) is 57.5 Å². The molecule has 0 amide bonds. The second kappa shape index (κ2) is 9.56. The molecule has 3 aliphatic heterocycles. The summed E-state index contributed by atoms with van der Waals surface area (Å²) in [5, 5.41) is 9.35. The van der Waals surface area contributed by atoms with E-state index in [1.165, 1.54) is 17.7 Å². The molecule has 0 aromatic carbocycles. The molecule has 0 radical (unpaired) electrons. The van der Waals surface area contributed by atoms with Crippen molar-refractivity contribution in [2.75, 3.05) is 32.2 Å². The maximum atomic E-state index is 6.14. The summed E-state index contributed by atoms with van der Waals surface area (Å²) in [5.74, 6) is 2.59. The number of aliphatic imine (C=N–C) groups is 1. The number of ether oxygens (including phenoxy) is 3. The van der Waals surface area contributed by atoms with Crippen molar-refractivity contribution in [2.24, 2.45) is 4.99 Å². The molecule has 2 aromatic rings. The van der Waals surface area contributed by atoms with Crippen LogP contribution in [0.25, 0.3) is 4.91 Å². The van der Waals surface area contributed by atoms with Gasteiger partial charge in [0.2, 0.25) is 0 Å². The second-order valence-corrected chi connectivity index (χ2v) is 10.2. The number of hydrogen-bond donors (Lipinski definition) is 0. The molecular formula is C25H29N5O3S. The van der Waals surface area contributed by atoms with Crippen molar-refractivity contribution in [1.29, 1.82) is 0 Å². The summed E-state index contributed by atoms with van der Waals surface area (Å²) in [6, 6.07) is 0.882. The molecule has 5 heterocycles. The van der Waals surface area contributed by atoms with E-state index < -0.39 is 0 Å². The number of rotatable bonds is 8. The molecule has 0 unspecified atom stereocenters. The largest absolute Gasteiger partial charge is 0.454 e. The van der Waals surface area contributed by atoms with Crippen molar-refractivity contribution in [3.8, 4) is 5.75 Å². The van der Waals surface area contributed by atoms with Crippen LogP contribution in [0.1, 0.15) is 54.9 Å². The summed E-state index contributed by atoms with van der Waals surface area (Å²) in [6.45, 7) is 7.13. The first-order valence-corrected chi connectivity index (χ1v) is 12.9. The highest BCUT2D eigenvalue weighted by molar-refractivity contribution is 8.09. The van der Waals surface area contributed by atoms with Crippen LogP contribution in [0.2, 0.25) is 0 Å². The lowest BCUT2D eigenvalue weighted by atomic mass is 9.96. The number of thioether (sulfide) groups is 1. The van der Waals surface area contributed by atoms with Gasteiger partial charge in [-0.1, -0.05) is 6.58 Å². The predicted molar refractivity (Wildman–Crippen MR) is 132 cm³/mol. The fourth-order valence-corrected chi connectivity index (χ4v) is 5.26. The molecule has 0 N–H and O–H groups in total. The predicted octanol–water partition coefficient (Wildman–Crippen LogP) is 4.51. The van der Waals surface area contributed by atoms with E-state index in [0.717, 1.165) is 67.7 Å². The van der Waals surface area contributed by atoms with Gasteiger partial charge in [0, 0.05) is 47.7 Å². The minimum absolute atomic E-state index is 0.367. The third-order valence-corrected chi connectivity index (χ3v) is 7.65. The molecule has 3 fully saturated rings. The second-order valence-electron chi connectivity index (χ2n) is 9.18. The average Bonchev–Trinajstić information content (AvgIpc) is 3.18. The standard InChI is InChI=1S/C25H29N5O3S/c1-17(33-23-13-30(21-2-3-21)28-25(23)18-5-8-31-9-6-18)4-7-26-20-10-24(34-16-20)19-11-27-29(12-19)22-14-32-15-22/h4,7,10-13,18,21-22H,1-3,5-6,8-9,14-16H2/b7-4-,26-20-. The van der Waals surface area contributed by atoms with Gasteiger partial charge >= 0.3 is 0 Å². The molecule has 1 saturated carbocycles. The first kappa shape index (κ1) is 21.9. The number of hydrogen-bond acceptors (Lipinski definition) is 7. The van der Waals surface area contributed by atoms with Crippen LogP contribution < -0.4 is 4.74 Å². The zero-order valence-electron chi connectivity index (χ0n) is 19.1. The van der Waals surface area contributed by atoms with Crippen LogP contribution in [-0.2, 0) is 9.47 Å². The van der Waals surface area contributed by atoms with Crippen LogP contribution >= 0.6 is 11.8 Å². The van der Waals surface area contributed by atoms with E-state index in [2.05, 4.69) is 33.6 Å². The molecule has 2 saturated heterocycles. The molecule has 178 valence electrons. The van der Waals surface area contributed by atoms with Crippen molar-refractivity contribution in [1.82, 2.24) is 19.6 Å². The minimum atomic E-state index is 0.367. The number of allylic oxidation sites excluding steroid dienone is 2. The van der Waals surface area contributed by atoms with Crippen molar-refractivity contribution in [2.45, 2.75) is 43.7 Å². The lowest BCUT2D eigenvalue weighted by Crippen LogP contribution is -2.30. The van der Waals surface area contributed by atoms with Crippen LogP contribution in [0.5, 0.6) is 5.75 Å². The van der Waals surface area contributed by atoms with Gasteiger partial charge in [-0.15, -0.1) is 11.8 Å². The van der Waals surface area contributed by atoms with Crippen LogP contribution in [0, 0.1) is 0 Å². The topological polar surface area (TPSA) is 75.7 Å². The van der Waals surface area contributed by atoms with Crippen molar-refractivity contribution in [3.63, 3.8) is 0 Å². The zero-order chi connectivity index (χ0) is 22.9. The molecule has 4 aliphatic rings. The summed E-state index contributed by atoms with van der Waals surface area (Å²) in [7, 11) is 0. The Labute approximate surface area is 203 Å². The van der Waals surface area contributed by atoms with E-state index in [1.54, 1.807) is 18.0 Å². The fraction of sp³-hybridized carbons (Fsp3) is 0.480. The van der Waals surface area contributed by atoms with E-state index in [-0.39, 0.29) is 0 Å². The van der Waals surface area contributed by atoms with Gasteiger partial charge in [0.15, 0.2) is 5.75 Å². The lowest BCUT2D eigenvalue weighted by molar-refractivity contribution is -0.0286. The molecule has 0 atom stereocenters. The molecule has 34 heavy (non-hydrogen) atoms. The molecule has 8 nitrogen and oxygen atoms in total. The highest BCUT2D eigenvalue weighted by Gasteiger charge is 2.29. The minimum Gasteiger partial charge on any atom is -0.454 e. The first-order valence-electron chi connectivity index (χ1n) is 12.0. The summed E-state index contributed by atoms with van der Waals surface area (Å²) in [5.41, 5.74) is 3.19. The molecule has 0 bridgehead atoms. The van der Waals surface area contributed by atoms with E-state index in [1.807, 2.05) is 23.2 Å². The SMILES string of the molecule is C=C(/C=C\N=C1\C=C(c2cnn(C3COC3)c2)SC1)Oc1cn(C2CC2)nc1C1CCOCC1. The molecular weight excluding hydrogens is 450 g/mol. The van der Waals surface area contributed by atoms with Gasteiger partial charge in [-0.05, 0) is 37.8 Å². The number of aromatic nitrogens is 4. The fourth-order valence-electron chi connectivity index (χ4n) is 4.31. The Morgan fingerprint density at radius 3 is 2.74 bits per heavy atom. The van der Waals surface area contributed by atoms with E-state index >= 15 is 0 Å². The first-order chi connectivity index (χ1) is 16.7. The van der Waals surface area contributed by atoms with Crippen molar-refractivity contribution in [3.05, 3.63) is 60.5 Å². The van der Waals surface area contributed by atoms with E-state index in [0.29, 0.717) is 23.8 Å². The Balaban J connectivity index is 1.10. The highest BCUT2D eigenvalue weighted by Crippen LogP contribution is 2.39. The maximum absolute atomic E-state index is 6.14. The van der Waals surface area contributed by atoms with Gasteiger partial charge in [0.05, 0.1) is 43.4 Å². The van der Waals surface area contributed by atoms with Gasteiger partial charge in [0.25, 0.3) is 0 Å². The Kier molecular flexibility index (Phi) is 6.15. The Hall–Kier alpha value is -2.62. The van der Waals surface area contributed by atoms with Crippen LogP contribution in [0.15, 0.2) is 54.3 Å². The normalized spacial score (nSPS) is 22.9. The third kappa shape index (κ3) is 4.78. The molecule has 6 rings (SSSR count). The number of nitrogens with zero attached hydrogens (tertiary/aromatic N) is 5. The lowest BCUT2D eigenvalue weighted by Gasteiger charge is -2.25. The zero-order valence-corrected chi connectivity index (χ0v) is 20.0. The van der Waals surface area contributed by atoms with E-state index in [9.17, 15) is 0 Å². The average molecular weight is 480 g/mol. The Bertz CT molecular complexity index is 1150. The Morgan fingerprint density at radius 1 is 1.12 bits per heavy atom. The summed E-state index contributed by atoms with van der Waals surface area (Å²) in [4.78, 5) is 5.82. The monoisotopic (exact) mass is 479 g/mol. The molecule has 9 heteroatoms. The van der Waals surface area contributed by atoms with Crippen LogP contribution in [0.4, 0.5) is 0 Å². The van der Waals surface area contributed by atoms with Crippen molar-refractivity contribution >= 4 is 22.4 Å². The van der Waals surface area contributed by atoms with E-state index in [4.69, 9.17) is 19.3 Å². The third-order valence-electron chi connectivity index (χ3n) is 6.55. The summed E-state index contributed by atoms with van der Waals surface area (Å²) < 4.78 is 21.0. The molecule has 1 aliphatic carbocycles.